The Bertz CT molecular complexity index is 122. The molecule has 0 aliphatic carbocycles. The summed E-state index contributed by atoms with van der Waals surface area (Å²) >= 11 is 0. The second-order valence-corrected chi connectivity index (χ2v) is 4.30. The summed E-state index contributed by atoms with van der Waals surface area (Å²) in [4.78, 5) is 0. The smallest absolute Gasteiger partial charge is 0.0751 e. The average Bonchev–Trinajstić information content (AvgIpc) is 1.86. The standard InChI is InChI=1S/C9H19NO/c1-7(2)8-5-11-9(3,4)6-10-8/h7-8,10H,5-6H2,1-4H3. The molecule has 1 atom stereocenters. The fourth-order valence-electron chi connectivity index (χ4n) is 1.23. The highest BCUT2D eigenvalue weighted by molar-refractivity contribution is 4.83. The molecule has 1 aliphatic heterocycles. The lowest BCUT2D eigenvalue weighted by molar-refractivity contribution is -0.0651. The largest absolute Gasteiger partial charge is 0.373 e. The highest BCUT2D eigenvalue weighted by Crippen LogP contribution is 2.16. The Labute approximate surface area is 69.3 Å². The minimum Gasteiger partial charge on any atom is -0.373 e. The molecule has 0 saturated carbocycles. The third-order valence-electron chi connectivity index (χ3n) is 2.25. The first-order chi connectivity index (χ1) is 5.01. The number of nitrogens with one attached hydrogen (secondary N) is 1. The summed E-state index contributed by atoms with van der Waals surface area (Å²) in [7, 11) is 0. The predicted molar refractivity (Wildman–Crippen MR) is 46.7 cm³/mol. The molecular weight excluding hydrogens is 138 g/mol. The van der Waals surface area contributed by atoms with Crippen LogP contribution >= 0.6 is 0 Å². The van der Waals surface area contributed by atoms with Crippen molar-refractivity contribution in [3.63, 3.8) is 0 Å². The molecule has 1 saturated heterocycles. The number of morpholine rings is 1. The molecule has 0 radical (unpaired) electrons. The molecule has 66 valence electrons. The van der Waals surface area contributed by atoms with Gasteiger partial charge in [-0.1, -0.05) is 13.8 Å². The Morgan fingerprint density at radius 3 is 2.45 bits per heavy atom. The van der Waals surface area contributed by atoms with Crippen LogP contribution in [-0.4, -0.2) is 24.8 Å². The molecule has 1 unspecified atom stereocenters. The fraction of sp³-hybridized carbons (Fsp3) is 1.00. The predicted octanol–water partition coefficient (Wildman–Crippen LogP) is 1.41. The van der Waals surface area contributed by atoms with E-state index >= 15 is 0 Å². The molecule has 1 heterocycles. The van der Waals surface area contributed by atoms with E-state index < -0.39 is 0 Å². The summed E-state index contributed by atoms with van der Waals surface area (Å²) in [6.45, 7) is 10.5. The van der Waals surface area contributed by atoms with Crippen LogP contribution in [0.25, 0.3) is 0 Å². The van der Waals surface area contributed by atoms with Crippen molar-refractivity contribution in [1.29, 1.82) is 0 Å². The zero-order chi connectivity index (χ0) is 8.48. The van der Waals surface area contributed by atoms with Gasteiger partial charge < -0.3 is 10.1 Å². The highest BCUT2D eigenvalue weighted by atomic mass is 16.5. The molecule has 2 heteroatoms. The lowest BCUT2D eigenvalue weighted by Gasteiger charge is -2.37. The molecule has 0 amide bonds. The molecule has 0 aromatic rings. The molecule has 1 N–H and O–H groups in total. The van der Waals surface area contributed by atoms with Gasteiger partial charge in [0.1, 0.15) is 0 Å². The van der Waals surface area contributed by atoms with Crippen molar-refractivity contribution in [1.82, 2.24) is 5.32 Å². The number of rotatable bonds is 1. The SMILES string of the molecule is CC(C)C1COC(C)(C)CN1. The molecule has 11 heavy (non-hydrogen) atoms. The summed E-state index contributed by atoms with van der Waals surface area (Å²) in [6.07, 6.45) is 0. The minimum absolute atomic E-state index is 0.0331. The Morgan fingerprint density at radius 1 is 1.45 bits per heavy atom. The number of ether oxygens (including phenoxy) is 1. The maximum absolute atomic E-state index is 5.68. The monoisotopic (exact) mass is 157 g/mol. The topological polar surface area (TPSA) is 21.3 Å². The molecule has 1 rings (SSSR count). The first-order valence-electron chi connectivity index (χ1n) is 4.38. The molecule has 2 nitrogen and oxygen atoms in total. The molecule has 1 aliphatic rings. The van der Waals surface area contributed by atoms with Crippen molar-refractivity contribution in [2.75, 3.05) is 13.2 Å². The second-order valence-electron chi connectivity index (χ2n) is 4.30. The third-order valence-corrected chi connectivity index (χ3v) is 2.25. The first-order valence-corrected chi connectivity index (χ1v) is 4.38. The van der Waals surface area contributed by atoms with Crippen LogP contribution in [0.1, 0.15) is 27.7 Å². The number of hydrogen-bond donors (Lipinski definition) is 1. The Kier molecular flexibility index (Phi) is 2.55. The van der Waals surface area contributed by atoms with E-state index in [9.17, 15) is 0 Å². The zero-order valence-corrected chi connectivity index (χ0v) is 7.98. The van der Waals surface area contributed by atoms with Crippen LogP contribution in [0.3, 0.4) is 0 Å². The van der Waals surface area contributed by atoms with Crippen LogP contribution in [0.5, 0.6) is 0 Å². The van der Waals surface area contributed by atoms with E-state index in [-0.39, 0.29) is 5.60 Å². The van der Waals surface area contributed by atoms with Crippen molar-refractivity contribution in [2.45, 2.75) is 39.3 Å². The highest BCUT2D eigenvalue weighted by Gasteiger charge is 2.28. The summed E-state index contributed by atoms with van der Waals surface area (Å²) < 4.78 is 5.68. The van der Waals surface area contributed by atoms with Gasteiger partial charge in [0.15, 0.2) is 0 Å². The van der Waals surface area contributed by atoms with Crippen LogP contribution in [0.4, 0.5) is 0 Å². The number of hydrogen-bond acceptors (Lipinski definition) is 2. The molecule has 0 spiro atoms. The van der Waals surface area contributed by atoms with Crippen LogP contribution in [0, 0.1) is 5.92 Å². The Hall–Kier alpha value is -0.0800. The normalized spacial score (nSPS) is 30.8. The fourth-order valence-corrected chi connectivity index (χ4v) is 1.23. The van der Waals surface area contributed by atoms with Gasteiger partial charge in [-0.2, -0.15) is 0 Å². The summed E-state index contributed by atoms with van der Waals surface area (Å²) in [5.41, 5.74) is 0.0331. The molecular formula is C9H19NO. The quantitative estimate of drug-likeness (QED) is 0.621. The van der Waals surface area contributed by atoms with Crippen molar-refractivity contribution < 1.29 is 4.74 Å². The Balaban J connectivity index is 2.36. The molecule has 0 aromatic carbocycles. The molecule has 1 fully saturated rings. The van der Waals surface area contributed by atoms with Crippen molar-refractivity contribution >= 4 is 0 Å². The van der Waals surface area contributed by atoms with Crippen LogP contribution in [0.2, 0.25) is 0 Å². The van der Waals surface area contributed by atoms with E-state index in [1.807, 2.05) is 0 Å². The van der Waals surface area contributed by atoms with Gasteiger partial charge >= 0.3 is 0 Å². The van der Waals surface area contributed by atoms with Crippen LogP contribution < -0.4 is 5.32 Å². The first kappa shape index (κ1) is 9.01. The average molecular weight is 157 g/mol. The van der Waals surface area contributed by atoms with E-state index in [0.717, 1.165) is 13.2 Å². The van der Waals surface area contributed by atoms with Crippen molar-refractivity contribution in [2.24, 2.45) is 5.92 Å². The van der Waals surface area contributed by atoms with Crippen molar-refractivity contribution in [3.05, 3.63) is 0 Å². The van der Waals surface area contributed by atoms with E-state index in [4.69, 9.17) is 4.74 Å². The molecule has 0 bridgehead atoms. The maximum Gasteiger partial charge on any atom is 0.0751 e. The van der Waals surface area contributed by atoms with Gasteiger partial charge in [0, 0.05) is 12.6 Å². The Morgan fingerprint density at radius 2 is 2.09 bits per heavy atom. The van der Waals surface area contributed by atoms with Gasteiger partial charge in [-0.3, -0.25) is 0 Å². The van der Waals surface area contributed by atoms with Gasteiger partial charge in [-0.15, -0.1) is 0 Å². The van der Waals surface area contributed by atoms with E-state index in [1.54, 1.807) is 0 Å². The lowest BCUT2D eigenvalue weighted by Crippen LogP contribution is -2.53. The van der Waals surface area contributed by atoms with Gasteiger partial charge in [0.2, 0.25) is 0 Å². The zero-order valence-electron chi connectivity index (χ0n) is 7.98. The second kappa shape index (κ2) is 3.11. The maximum atomic E-state index is 5.68. The van der Waals surface area contributed by atoms with Gasteiger partial charge in [0.05, 0.1) is 12.2 Å². The van der Waals surface area contributed by atoms with Gasteiger partial charge in [0.25, 0.3) is 0 Å². The van der Waals surface area contributed by atoms with Gasteiger partial charge in [-0.25, -0.2) is 0 Å². The lowest BCUT2D eigenvalue weighted by atomic mass is 10.0. The minimum atomic E-state index is 0.0331. The van der Waals surface area contributed by atoms with Crippen molar-refractivity contribution in [3.8, 4) is 0 Å². The molecule has 0 aromatic heterocycles. The van der Waals surface area contributed by atoms with Gasteiger partial charge in [-0.05, 0) is 19.8 Å². The third kappa shape index (κ3) is 2.46. The summed E-state index contributed by atoms with van der Waals surface area (Å²) in [5.74, 6) is 0.672. The summed E-state index contributed by atoms with van der Waals surface area (Å²) in [5, 5.41) is 3.48. The van der Waals surface area contributed by atoms with Crippen LogP contribution in [0.15, 0.2) is 0 Å². The summed E-state index contributed by atoms with van der Waals surface area (Å²) in [6, 6.07) is 0.544. The van der Waals surface area contributed by atoms with E-state index in [2.05, 4.69) is 33.0 Å². The van der Waals surface area contributed by atoms with E-state index in [1.165, 1.54) is 0 Å². The van der Waals surface area contributed by atoms with Crippen LogP contribution in [-0.2, 0) is 4.74 Å². The van der Waals surface area contributed by atoms with E-state index in [0.29, 0.717) is 12.0 Å².